The molecule has 0 aliphatic rings. The average molecular weight is 504 g/mol. The number of nitrogens with one attached hydrogen (secondary N) is 2. The second-order valence-corrected chi connectivity index (χ2v) is 8.43. The molecule has 1 aromatic carbocycles. The number of hydrogen-bond acceptors (Lipinski definition) is 4. The zero-order chi connectivity index (χ0) is 22.5. The number of carbonyl (C=O) groups excluding carboxylic acids is 1. The van der Waals surface area contributed by atoms with E-state index in [1.165, 1.54) is 35.7 Å². The van der Waals surface area contributed by atoms with Crippen LogP contribution >= 0.6 is 27.3 Å². The van der Waals surface area contributed by atoms with Crippen LogP contribution in [0.1, 0.15) is 31.2 Å². The summed E-state index contributed by atoms with van der Waals surface area (Å²) in [5.74, 6) is -0.391. The molecule has 1 atom stereocenters. The molecule has 0 bridgehead atoms. The van der Waals surface area contributed by atoms with E-state index in [9.17, 15) is 18.0 Å². The summed E-state index contributed by atoms with van der Waals surface area (Å²) in [6, 6.07) is 6.37. The SMILES string of the molecule is C[NH+]=C(C(Br)=CN)c1sc(C(=O)NC(CN)Cc2ccccc2C(F)(F)F)cc1C. The van der Waals surface area contributed by atoms with Gasteiger partial charge in [-0.1, -0.05) is 18.2 Å². The summed E-state index contributed by atoms with van der Waals surface area (Å²) >= 11 is 4.62. The van der Waals surface area contributed by atoms with E-state index in [-0.39, 0.29) is 18.5 Å². The predicted molar refractivity (Wildman–Crippen MR) is 117 cm³/mol. The molecule has 0 saturated carbocycles. The number of thiophene rings is 1. The Kier molecular flexibility index (Phi) is 8.22. The number of alkyl halides is 3. The van der Waals surface area contributed by atoms with E-state index in [0.717, 1.165) is 22.2 Å². The number of halogens is 4. The molecule has 2 aromatic rings. The second-order valence-electron chi connectivity index (χ2n) is 6.53. The fourth-order valence-electron chi connectivity index (χ4n) is 2.96. The molecule has 0 spiro atoms. The Morgan fingerprint density at radius 2 is 2.03 bits per heavy atom. The molecule has 2 rings (SSSR count). The molecule has 0 aliphatic heterocycles. The van der Waals surface area contributed by atoms with Crippen molar-refractivity contribution in [1.82, 2.24) is 5.32 Å². The van der Waals surface area contributed by atoms with Crippen molar-refractivity contribution in [3.63, 3.8) is 0 Å². The van der Waals surface area contributed by atoms with Gasteiger partial charge in [-0.05, 0) is 52.5 Å². The van der Waals surface area contributed by atoms with Crippen LogP contribution in [-0.2, 0) is 12.6 Å². The lowest BCUT2D eigenvalue weighted by molar-refractivity contribution is -0.418. The third-order valence-electron chi connectivity index (χ3n) is 4.41. The number of allylic oxidation sites excluding steroid dienone is 1. The number of aryl methyl sites for hydroxylation is 1. The highest BCUT2D eigenvalue weighted by Crippen LogP contribution is 2.32. The van der Waals surface area contributed by atoms with Crippen molar-refractivity contribution >= 4 is 38.9 Å². The van der Waals surface area contributed by atoms with Gasteiger partial charge < -0.3 is 16.8 Å². The highest BCUT2D eigenvalue weighted by Gasteiger charge is 2.33. The van der Waals surface area contributed by atoms with Crippen molar-refractivity contribution in [2.24, 2.45) is 11.5 Å². The maximum Gasteiger partial charge on any atom is 0.416 e. The fourth-order valence-corrected chi connectivity index (χ4v) is 4.63. The largest absolute Gasteiger partial charge is 0.416 e. The zero-order valence-corrected chi connectivity index (χ0v) is 18.8. The molecule has 1 amide bonds. The second kappa shape index (κ2) is 10.2. The summed E-state index contributed by atoms with van der Waals surface area (Å²) in [4.78, 5) is 17.0. The van der Waals surface area contributed by atoms with Crippen molar-refractivity contribution in [3.05, 3.63) is 67.5 Å². The third kappa shape index (κ3) is 5.71. The van der Waals surface area contributed by atoms with E-state index in [4.69, 9.17) is 11.5 Å². The van der Waals surface area contributed by atoms with Crippen molar-refractivity contribution in [3.8, 4) is 0 Å². The lowest BCUT2D eigenvalue weighted by Gasteiger charge is -2.19. The number of hydrogen-bond donors (Lipinski definition) is 4. The van der Waals surface area contributed by atoms with Gasteiger partial charge in [-0.3, -0.25) is 4.79 Å². The van der Waals surface area contributed by atoms with Crippen molar-refractivity contribution in [1.29, 1.82) is 0 Å². The van der Waals surface area contributed by atoms with Crippen LogP contribution in [0, 0.1) is 6.92 Å². The maximum atomic E-state index is 13.2. The van der Waals surface area contributed by atoms with Gasteiger partial charge in [0.05, 0.1) is 10.4 Å². The van der Waals surface area contributed by atoms with Crippen LogP contribution in [0.15, 0.2) is 41.0 Å². The van der Waals surface area contributed by atoms with Crippen LogP contribution in [0.25, 0.3) is 0 Å². The smallest absolute Gasteiger partial charge is 0.403 e. The summed E-state index contributed by atoms with van der Waals surface area (Å²) in [6.07, 6.45) is -3.10. The fraction of sp³-hybridized carbons (Fsp3) is 0.300. The minimum atomic E-state index is -4.47. The minimum Gasteiger partial charge on any atom is -0.403 e. The number of nitrogens with two attached hydrogens (primary N) is 2. The molecule has 0 radical (unpaired) electrons. The molecule has 0 aliphatic carbocycles. The molecule has 162 valence electrons. The quantitative estimate of drug-likeness (QED) is 0.435. The van der Waals surface area contributed by atoms with E-state index < -0.39 is 23.7 Å². The summed E-state index contributed by atoms with van der Waals surface area (Å²) in [7, 11) is 1.74. The summed E-state index contributed by atoms with van der Waals surface area (Å²) < 4.78 is 40.4. The Morgan fingerprint density at radius 1 is 1.37 bits per heavy atom. The Morgan fingerprint density at radius 3 is 2.60 bits per heavy atom. The van der Waals surface area contributed by atoms with Crippen molar-refractivity contribution in [2.75, 3.05) is 13.6 Å². The molecular formula is C20H23BrF3N4OS+. The molecule has 5 nitrogen and oxygen atoms in total. The van der Waals surface area contributed by atoms with E-state index in [2.05, 4.69) is 26.2 Å². The Labute approximate surface area is 185 Å². The van der Waals surface area contributed by atoms with Crippen molar-refractivity contribution in [2.45, 2.75) is 25.6 Å². The lowest BCUT2D eigenvalue weighted by atomic mass is 9.99. The van der Waals surface area contributed by atoms with Crippen molar-refractivity contribution < 1.29 is 23.0 Å². The molecule has 30 heavy (non-hydrogen) atoms. The molecule has 1 heterocycles. The molecule has 6 N–H and O–H groups in total. The van der Waals surface area contributed by atoms with E-state index in [1.54, 1.807) is 13.1 Å². The highest BCUT2D eigenvalue weighted by molar-refractivity contribution is 9.12. The van der Waals surface area contributed by atoms with E-state index >= 15 is 0 Å². The van der Waals surface area contributed by atoms with Gasteiger partial charge in [-0.15, -0.1) is 11.3 Å². The van der Waals surface area contributed by atoms with Crippen LogP contribution in [0.3, 0.4) is 0 Å². The van der Waals surface area contributed by atoms with Gasteiger partial charge in [0.15, 0.2) is 0 Å². The van der Waals surface area contributed by atoms with Gasteiger partial charge in [-0.2, -0.15) is 13.2 Å². The van der Waals surface area contributed by atoms with Crippen LogP contribution in [0.2, 0.25) is 0 Å². The number of carbonyl (C=O) groups is 1. The molecule has 0 fully saturated rings. The first-order chi connectivity index (χ1) is 14.1. The average Bonchev–Trinajstić information content (AvgIpc) is 3.09. The first-order valence-corrected chi connectivity index (χ1v) is 10.6. The van der Waals surface area contributed by atoms with Gasteiger partial charge in [0.25, 0.3) is 5.91 Å². The van der Waals surface area contributed by atoms with Crippen LogP contribution in [-0.4, -0.2) is 31.3 Å². The standard InChI is InChI=1S/C20H22BrF3N4OS/c1-11-7-16(30-18(11)17(27-2)15(21)10-26)19(29)28-13(9-25)8-12-5-3-4-6-14(12)20(22,23)24/h3-7,10,13H,8-9,25-26H2,1-2H3,(H,28,29)/p+1. The number of amides is 1. The van der Waals surface area contributed by atoms with Gasteiger partial charge in [0, 0.05) is 18.8 Å². The van der Waals surface area contributed by atoms with Crippen LogP contribution in [0.4, 0.5) is 13.2 Å². The summed E-state index contributed by atoms with van der Waals surface area (Å²) in [5.41, 5.74) is 12.3. The van der Waals surface area contributed by atoms with Gasteiger partial charge in [-0.25, -0.2) is 4.99 Å². The first-order valence-electron chi connectivity index (χ1n) is 9.01. The Balaban J connectivity index is 2.22. The van der Waals surface area contributed by atoms with Gasteiger partial charge >= 0.3 is 6.18 Å². The third-order valence-corrected chi connectivity index (χ3v) is 6.33. The topological polar surface area (TPSA) is 95.1 Å². The molecule has 1 unspecified atom stereocenters. The molecule has 1 aromatic heterocycles. The Hall–Kier alpha value is -2.17. The van der Waals surface area contributed by atoms with E-state index in [1.807, 2.05) is 6.92 Å². The molecular weight excluding hydrogens is 481 g/mol. The number of rotatable bonds is 7. The number of benzene rings is 1. The van der Waals surface area contributed by atoms with Crippen LogP contribution in [0.5, 0.6) is 0 Å². The normalized spacial score (nSPS) is 14.0. The minimum absolute atomic E-state index is 0.00446. The first kappa shape index (κ1) is 24.1. The lowest BCUT2D eigenvalue weighted by Crippen LogP contribution is -2.68. The summed E-state index contributed by atoms with van der Waals surface area (Å²) in [5, 5.41) is 2.75. The zero-order valence-electron chi connectivity index (χ0n) is 16.4. The maximum absolute atomic E-state index is 13.2. The van der Waals surface area contributed by atoms with Crippen LogP contribution < -0.4 is 21.8 Å². The molecule has 0 saturated heterocycles. The van der Waals surface area contributed by atoms with Gasteiger partial charge in [0.1, 0.15) is 16.4 Å². The highest BCUT2D eigenvalue weighted by atomic mass is 79.9. The summed E-state index contributed by atoms with van der Waals surface area (Å²) in [6.45, 7) is 1.86. The Bertz CT molecular complexity index is 969. The monoisotopic (exact) mass is 503 g/mol. The van der Waals surface area contributed by atoms with Gasteiger partial charge in [0.2, 0.25) is 5.71 Å². The molecule has 10 heteroatoms. The predicted octanol–water partition coefficient (Wildman–Crippen LogP) is 2.07. The van der Waals surface area contributed by atoms with E-state index in [0.29, 0.717) is 9.36 Å².